The summed E-state index contributed by atoms with van der Waals surface area (Å²) in [6, 6.07) is 0. The van der Waals surface area contributed by atoms with Gasteiger partial charge in [-0.1, -0.05) is 71.1 Å². The summed E-state index contributed by atoms with van der Waals surface area (Å²) < 4.78 is 30.3. The number of hydrogen-bond donors (Lipinski definition) is 1. The Hall–Kier alpha value is -0.620. The Balaban J connectivity index is 3.56. The van der Waals surface area contributed by atoms with Gasteiger partial charge in [-0.15, -0.1) is 0 Å². The van der Waals surface area contributed by atoms with Gasteiger partial charge < -0.3 is 4.90 Å². The van der Waals surface area contributed by atoms with Crippen molar-refractivity contribution in [2.24, 2.45) is 0 Å². The predicted octanol–water partition coefficient (Wildman–Crippen LogP) is 4.42. The lowest BCUT2D eigenvalue weighted by Gasteiger charge is -2.20. The van der Waals surface area contributed by atoms with Crippen LogP contribution in [0.1, 0.15) is 90.9 Å². The third kappa shape index (κ3) is 14.9. The zero-order valence-electron chi connectivity index (χ0n) is 15.6. The lowest BCUT2D eigenvalue weighted by Crippen LogP contribution is -2.34. The van der Waals surface area contributed by atoms with Gasteiger partial charge >= 0.3 is 0 Å². The quantitative estimate of drug-likeness (QED) is 0.325. The summed E-state index contributed by atoms with van der Waals surface area (Å²) in [6.45, 7) is 4.61. The second-order valence-corrected chi connectivity index (χ2v) is 8.12. The van der Waals surface area contributed by atoms with Gasteiger partial charge in [-0.25, -0.2) is 0 Å². The van der Waals surface area contributed by atoms with Crippen molar-refractivity contribution in [2.45, 2.75) is 90.9 Å². The fourth-order valence-electron chi connectivity index (χ4n) is 2.78. The molecular weight excluding hydrogens is 326 g/mol. The minimum absolute atomic E-state index is 0.0166. The molecule has 0 aromatic carbocycles. The fourth-order valence-corrected chi connectivity index (χ4v) is 3.23. The van der Waals surface area contributed by atoms with Crippen LogP contribution in [-0.4, -0.2) is 42.6 Å². The number of carbonyl (C=O) groups is 1. The predicted molar refractivity (Wildman–Crippen MR) is 99.7 cm³/mol. The first-order valence-electron chi connectivity index (χ1n) is 9.63. The maximum Gasteiger partial charge on any atom is 0.266 e. The highest BCUT2D eigenvalue weighted by atomic mass is 32.2. The zero-order valence-corrected chi connectivity index (χ0v) is 16.5. The molecule has 0 bridgehead atoms. The number of nitrogens with zero attached hydrogens (tertiary/aromatic N) is 1. The van der Waals surface area contributed by atoms with E-state index in [1.807, 2.05) is 6.92 Å². The first-order valence-corrected chi connectivity index (χ1v) is 11.2. The first-order chi connectivity index (χ1) is 11.4. The molecule has 0 atom stereocenters. The maximum atomic E-state index is 12.0. The van der Waals surface area contributed by atoms with Crippen LogP contribution in [-0.2, 0) is 14.9 Å². The van der Waals surface area contributed by atoms with E-state index >= 15 is 0 Å². The van der Waals surface area contributed by atoms with Gasteiger partial charge in [-0.3, -0.25) is 9.35 Å². The van der Waals surface area contributed by atoms with Crippen LogP contribution in [0.3, 0.4) is 0 Å². The first kappa shape index (κ1) is 23.4. The Morgan fingerprint density at radius 3 is 1.71 bits per heavy atom. The number of rotatable bonds is 16. The van der Waals surface area contributed by atoms with Crippen LogP contribution in [0.15, 0.2) is 0 Å². The van der Waals surface area contributed by atoms with Gasteiger partial charge in [-0.05, 0) is 13.3 Å². The van der Waals surface area contributed by atoms with Crippen molar-refractivity contribution in [1.29, 1.82) is 0 Å². The van der Waals surface area contributed by atoms with Crippen molar-refractivity contribution in [2.75, 3.05) is 18.8 Å². The smallest absolute Gasteiger partial charge is 0.266 e. The normalized spacial score (nSPS) is 11.6. The lowest BCUT2D eigenvalue weighted by molar-refractivity contribution is -0.130. The molecule has 0 heterocycles. The van der Waals surface area contributed by atoms with E-state index in [1.54, 1.807) is 0 Å². The van der Waals surface area contributed by atoms with Crippen molar-refractivity contribution < 1.29 is 17.8 Å². The van der Waals surface area contributed by atoms with Gasteiger partial charge in [-0.2, -0.15) is 8.42 Å². The summed E-state index contributed by atoms with van der Waals surface area (Å²) >= 11 is 0. The molecule has 0 spiro atoms. The average Bonchev–Trinajstić information content (AvgIpc) is 2.52. The number of hydrogen-bond acceptors (Lipinski definition) is 3. The van der Waals surface area contributed by atoms with Crippen LogP contribution in [0.25, 0.3) is 0 Å². The standard InChI is InChI=1S/C18H37NO4S/c1-3-5-6-7-8-9-10-11-12-13-14-15-18(20)19(4-2)16-17-24(21,22)23/h3-17H2,1-2H3,(H,21,22,23). The summed E-state index contributed by atoms with van der Waals surface area (Å²) in [6.07, 6.45) is 14.1. The molecule has 0 radical (unpaired) electrons. The van der Waals surface area contributed by atoms with Crippen LogP contribution in [0.2, 0.25) is 0 Å². The van der Waals surface area contributed by atoms with Gasteiger partial charge in [0.25, 0.3) is 10.1 Å². The molecule has 0 saturated carbocycles. The number of unbranched alkanes of at least 4 members (excludes halogenated alkanes) is 10. The topological polar surface area (TPSA) is 74.7 Å². The molecule has 0 aliphatic rings. The average molecular weight is 364 g/mol. The monoisotopic (exact) mass is 363 g/mol. The van der Waals surface area contributed by atoms with Gasteiger partial charge in [0.15, 0.2) is 0 Å². The van der Waals surface area contributed by atoms with Crippen molar-refractivity contribution in [1.82, 2.24) is 4.90 Å². The molecule has 0 fully saturated rings. The van der Waals surface area contributed by atoms with Crippen LogP contribution >= 0.6 is 0 Å². The number of amides is 1. The Labute approximate surface area is 148 Å². The molecule has 1 amide bonds. The summed E-state index contributed by atoms with van der Waals surface area (Å²) in [4.78, 5) is 13.5. The van der Waals surface area contributed by atoms with Crippen molar-refractivity contribution in [3.8, 4) is 0 Å². The van der Waals surface area contributed by atoms with Gasteiger partial charge in [0, 0.05) is 19.5 Å². The molecule has 1 N–H and O–H groups in total. The molecule has 0 saturated heterocycles. The summed E-state index contributed by atoms with van der Waals surface area (Å²) in [5.41, 5.74) is 0. The third-order valence-electron chi connectivity index (χ3n) is 4.35. The molecule has 0 aromatic rings. The lowest BCUT2D eigenvalue weighted by atomic mass is 10.1. The van der Waals surface area contributed by atoms with Crippen LogP contribution < -0.4 is 0 Å². The minimum Gasteiger partial charge on any atom is -0.342 e. The second-order valence-electron chi connectivity index (χ2n) is 6.54. The van der Waals surface area contributed by atoms with E-state index in [2.05, 4.69) is 6.92 Å². The Morgan fingerprint density at radius 2 is 1.29 bits per heavy atom. The molecule has 0 unspecified atom stereocenters. The molecule has 0 aromatic heterocycles. The Bertz CT molecular complexity index is 409. The summed E-state index contributed by atoms with van der Waals surface area (Å²) in [5.74, 6) is -0.401. The molecule has 0 rings (SSSR count). The maximum absolute atomic E-state index is 12.0. The fraction of sp³-hybridized carbons (Fsp3) is 0.944. The van der Waals surface area contributed by atoms with Crippen LogP contribution in [0.5, 0.6) is 0 Å². The largest absolute Gasteiger partial charge is 0.342 e. The van der Waals surface area contributed by atoms with E-state index in [0.717, 1.165) is 12.8 Å². The zero-order chi connectivity index (χ0) is 18.3. The molecule has 6 heteroatoms. The van der Waals surface area contributed by atoms with Crippen LogP contribution in [0.4, 0.5) is 0 Å². The second kappa shape index (κ2) is 14.7. The van der Waals surface area contributed by atoms with E-state index < -0.39 is 10.1 Å². The Kier molecular flexibility index (Phi) is 14.3. The van der Waals surface area contributed by atoms with Gasteiger partial charge in [0.2, 0.25) is 5.91 Å². The third-order valence-corrected chi connectivity index (χ3v) is 5.05. The minimum atomic E-state index is -4.00. The van der Waals surface area contributed by atoms with Crippen molar-refractivity contribution >= 4 is 16.0 Å². The van der Waals surface area contributed by atoms with E-state index in [9.17, 15) is 13.2 Å². The number of carbonyl (C=O) groups excluding carboxylic acids is 1. The summed E-state index contributed by atoms with van der Waals surface area (Å²) in [7, 11) is -4.00. The highest BCUT2D eigenvalue weighted by molar-refractivity contribution is 7.85. The van der Waals surface area contributed by atoms with E-state index in [4.69, 9.17) is 4.55 Å². The SMILES string of the molecule is CCCCCCCCCCCCCC(=O)N(CC)CCS(=O)(=O)O. The van der Waals surface area contributed by atoms with E-state index in [0.29, 0.717) is 13.0 Å². The van der Waals surface area contributed by atoms with Gasteiger partial charge in [0.05, 0.1) is 5.75 Å². The molecule has 5 nitrogen and oxygen atoms in total. The highest BCUT2D eigenvalue weighted by Crippen LogP contribution is 2.12. The van der Waals surface area contributed by atoms with Crippen LogP contribution in [0, 0.1) is 0 Å². The molecule has 144 valence electrons. The molecular formula is C18H37NO4S. The highest BCUT2D eigenvalue weighted by Gasteiger charge is 2.14. The van der Waals surface area contributed by atoms with E-state index in [1.165, 1.54) is 62.7 Å². The van der Waals surface area contributed by atoms with Gasteiger partial charge in [0.1, 0.15) is 0 Å². The molecule has 0 aliphatic heterocycles. The van der Waals surface area contributed by atoms with Crippen molar-refractivity contribution in [3.05, 3.63) is 0 Å². The van der Waals surface area contributed by atoms with E-state index in [-0.39, 0.29) is 18.2 Å². The Morgan fingerprint density at radius 1 is 0.833 bits per heavy atom. The molecule has 24 heavy (non-hydrogen) atoms. The summed E-state index contributed by atoms with van der Waals surface area (Å²) in [5, 5.41) is 0. The molecule has 0 aliphatic carbocycles. The van der Waals surface area contributed by atoms with Crippen molar-refractivity contribution in [3.63, 3.8) is 0 Å².